The third-order valence-electron chi connectivity index (χ3n) is 4.80. The van der Waals surface area contributed by atoms with Crippen molar-refractivity contribution in [3.8, 4) is 0 Å². The lowest BCUT2D eigenvalue weighted by molar-refractivity contribution is 0.0944. The Balaban J connectivity index is 1.83. The van der Waals surface area contributed by atoms with Crippen LogP contribution in [0.3, 0.4) is 0 Å². The monoisotopic (exact) mass is 288 g/mol. The quantitative estimate of drug-likeness (QED) is 0.888. The molecule has 0 spiro atoms. The molecule has 1 amide bonds. The van der Waals surface area contributed by atoms with Gasteiger partial charge in [0, 0.05) is 30.9 Å². The second-order valence-electron chi connectivity index (χ2n) is 6.44. The van der Waals surface area contributed by atoms with Gasteiger partial charge in [0.15, 0.2) is 0 Å². The predicted molar refractivity (Wildman–Crippen MR) is 83.6 cm³/mol. The summed E-state index contributed by atoms with van der Waals surface area (Å²) in [5, 5.41) is 11.5. The largest absolute Gasteiger partial charge is 0.395 e. The summed E-state index contributed by atoms with van der Waals surface area (Å²) in [5.74, 6) is 1.38. The van der Waals surface area contributed by atoms with Crippen LogP contribution in [0.4, 0.5) is 5.69 Å². The van der Waals surface area contributed by atoms with Crippen LogP contribution in [-0.4, -0.2) is 37.3 Å². The van der Waals surface area contributed by atoms with Gasteiger partial charge in [-0.1, -0.05) is 6.92 Å². The second-order valence-corrected chi connectivity index (χ2v) is 6.44. The molecule has 4 nitrogen and oxygen atoms in total. The number of carbonyl (C=O) groups excluding carboxylic acids is 1. The summed E-state index contributed by atoms with van der Waals surface area (Å²) in [4.78, 5) is 14.4. The molecule has 0 radical (unpaired) electrons. The lowest BCUT2D eigenvalue weighted by Crippen LogP contribution is -2.43. The van der Waals surface area contributed by atoms with Crippen LogP contribution in [0.5, 0.6) is 0 Å². The Labute approximate surface area is 126 Å². The first-order valence-electron chi connectivity index (χ1n) is 7.86. The number of nitrogens with zero attached hydrogens (tertiary/aromatic N) is 1. The van der Waals surface area contributed by atoms with E-state index in [1.807, 2.05) is 12.1 Å². The van der Waals surface area contributed by atoms with Crippen molar-refractivity contribution in [2.24, 2.45) is 11.8 Å². The molecular weight excluding hydrogens is 264 g/mol. The molecule has 1 aliphatic heterocycles. The molecular formula is C17H24N2O2. The first-order valence-corrected chi connectivity index (χ1v) is 7.86. The van der Waals surface area contributed by atoms with Crippen molar-refractivity contribution >= 4 is 11.6 Å². The van der Waals surface area contributed by atoms with Gasteiger partial charge in [-0.15, -0.1) is 0 Å². The third-order valence-corrected chi connectivity index (χ3v) is 4.80. The fraction of sp³-hybridized carbons (Fsp3) is 0.588. The van der Waals surface area contributed by atoms with Gasteiger partial charge in [-0.25, -0.2) is 0 Å². The SMILES string of the molecule is CC1Cc2cc(C(=O)NCCO)ccc2N(C)[C@H]1C1CC1. The van der Waals surface area contributed by atoms with E-state index in [0.29, 0.717) is 24.1 Å². The van der Waals surface area contributed by atoms with Crippen molar-refractivity contribution in [2.45, 2.75) is 32.2 Å². The Kier molecular flexibility index (Phi) is 3.89. The zero-order valence-electron chi connectivity index (χ0n) is 12.8. The molecule has 114 valence electrons. The lowest BCUT2D eigenvalue weighted by Gasteiger charge is -2.41. The number of hydrogen-bond acceptors (Lipinski definition) is 3. The molecule has 1 aromatic rings. The van der Waals surface area contributed by atoms with Gasteiger partial charge >= 0.3 is 0 Å². The number of aliphatic hydroxyl groups excluding tert-OH is 1. The fourth-order valence-corrected chi connectivity index (χ4v) is 3.73. The summed E-state index contributed by atoms with van der Waals surface area (Å²) in [6, 6.07) is 6.62. The van der Waals surface area contributed by atoms with Gasteiger partial charge in [0.05, 0.1) is 6.61 Å². The maximum Gasteiger partial charge on any atom is 0.251 e. The van der Waals surface area contributed by atoms with Crippen LogP contribution in [0.15, 0.2) is 18.2 Å². The minimum atomic E-state index is -0.105. The van der Waals surface area contributed by atoms with Crippen LogP contribution >= 0.6 is 0 Å². The minimum Gasteiger partial charge on any atom is -0.395 e. The molecule has 1 saturated carbocycles. The molecule has 1 heterocycles. The van der Waals surface area contributed by atoms with Crippen molar-refractivity contribution in [1.29, 1.82) is 0 Å². The lowest BCUT2D eigenvalue weighted by atomic mass is 9.84. The Morgan fingerprint density at radius 1 is 1.43 bits per heavy atom. The van der Waals surface area contributed by atoms with Crippen molar-refractivity contribution in [2.75, 3.05) is 25.1 Å². The molecule has 2 aliphatic rings. The zero-order valence-corrected chi connectivity index (χ0v) is 12.8. The number of aliphatic hydroxyl groups is 1. The number of hydrogen-bond donors (Lipinski definition) is 2. The maximum absolute atomic E-state index is 12.0. The number of anilines is 1. The van der Waals surface area contributed by atoms with Gasteiger partial charge in [-0.05, 0) is 54.9 Å². The van der Waals surface area contributed by atoms with E-state index in [2.05, 4.69) is 30.3 Å². The Morgan fingerprint density at radius 3 is 2.86 bits per heavy atom. The summed E-state index contributed by atoms with van der Waals surface area (Å²) >= 11 is 0. The van der Waals surface area contributed by atoms with Gasteiger partial charge in [-0.2, -0.15) is 0 Å². The molecule has 1 unspecified atom stereocenters. The van der Waals surface area contributed by atoms with E-state index in [4.69, 9.17) is 5.11 Å². The molecule has 2 atom stereocenters. The van der Waals surface area contributed by atoms with Crippen molar-refractivity contribution in [3.63, 3.8) is 0 Å². The standard InChI is InChI=1S/C17H24N2O2/c1-11-9-14-10-13(17(21)18-7-8-20)5-6-15(14)19(2)16(11)12-3-4-12/h5-6,10-12,16,20H,3-4,7-9H2,1-2H3,(H,18,21)/t11?,16-/m1/s1. The van der Waals surface area contributed by atoms with Gasteiger partial charge in [-0.3, -0.25) is 4.79 Å². The molecule has 0 saturated heterocycles. The van der Waals surface area contributed by atoms with Crippen LogP contribution in [0.1, 0.15) is 35.7 Å². The molecule has 3 rings (SSSR count). The van der Waals surface area contributed by atoms with Crippen molar-refractivity contribution < 1.29 is 9.90 Å². The number of fused-ring (bicyclic) bond motifs is 1. The molecule has 1 aliphatic carbocycles. The summed E-state index contributed by atoms with van der Waals surface area (Å²) in [6.45, 7) is 2.59. The topological polar surface area (TPSA) is 52.6 Å². The number of nitrogens with one attached hydrogen (secondary N) is 1. The highest BCUT2D eigenvalue weighted by Gasteiger charge is 2.40. The van der Waals surface area contributed by atoms with E-state index < -0.39 is 0 Å². The molecule has 2 N–H and O–H groups in total. The van der Waals surface area contributed by atoms with E-state index in [0.717, 1.165) is 12.3 Å². The fourth-order valence-electron chi connectivity index (χ4n) is 3.73. The van der Waals surface area contributed by atoms with Crippen LogP contribution in [0.25, 0.3) is 0 Å². The number of carbonyl (C=O) groups is 1. The van der Waals surface area contributed by atoms with Gasteiger partial charge in [0.2, 0.25) is 0 Å². The highest BCUT2D eigenvalue weighted by molar-refractivity contribution is 5.95. The van der Waals surface area contributed by atoms with Crippen LogP contribution in [-0.2, 0) is 6.42 Å². The van der Waals surface area contributed by atoms with Crippen molar-refractivity contribution in [3.05, 3.63) is 29.3 Å². The highest BCUT2D eigenvalue weighted by atomic mass is 16.3. The molecule has 0 aromatic heterocycles. The average molecular weight is 288 g/mol. The van der Waals surface area contributed by atoms with E-state index in [-0.39, 0.29) is 12.5 Å². The summed E-state index contributed by atoms with van der Waals surface area (Å²) in [7, 11) is 2.18. The maximum atomic E-state index is 12.0. The van der Waals surface area contributed by atoms with E-state index in [1.165, 1.54) is 24.1 Å². The molecule has 1 aromatic carbocycles. The van der Waals surface area contributed by atoms with Crippen LogP contribution < -0.4 is 10.2 Å². The van der Waals surface area contributed by atoms with E-state index in [1.54, 1.807) is 0 Å². The molecule has 0 bridgehead atoms. The molecule has 1 fully saturated rings. The Morgan fingerprint density at radius 2 is 2.19 bits per heavy atom. The highest BCUT2D eigenvalue weighted by Crippen LogP contribution is 2.44. The van der Waals surface area contributed by atoms with E-state index in [9.17, 15) is 4.79 Å². The smallest absolute Gasteiger partial charge is 0.251 e. The third kappa shape index (κ3) is 2.77. The van der Waals surface area contributed by atoms with Gasteiger partial charge < -0.3 is 15.3 Å². The summed E-state index contributed by atoms with van der Waals surface area (Å²) in [6.07, 6.45) is 3.76. The number of amides is 1. The number of rotatable bonds is 4. The van der Waals surface area contributed by atoms with Crippen LogP contribution in [0.2, 0.25) is 0 Å². The predicted octanol–water partition coefficient (Wildman–Crippen LogP) is 1.82. The Bertz CT molecular complexity index is 540. The molecule has 4 heteroatoms. The van der Waals surface area contributed by atoms with Gasteiger partial charge in [0.1, 0.15) is 0 Å². The average Bonchev–Trinajstić information content (AvgIpc) is 3.28. The number of benzene rings is 1. The second kappa shape index (κ2) is 5.68. The Hall–Kier alpha value is -1.55. The summed E-state index contributed by atoms with van der Waals surface area (Å²) in [5.41, 5.74) is 3.22. The summed E-state index contributed by atoms with van der Waals surface area (Å²) < 4.78 is 0. The van der Waals surface area contributed by atoms with E-state index >= 15 is 0 Å². The van der Waals surface area contributed by atoms with Crippen molar-refractivity contribution in [1.82, 2.24) is 5.32 Å². The first kappa shape index (κ1) is 14.4. The van der Waals surface area contributed by atoms with Crippen LogP contribution in [0, 0.1) is 11.8 Å². The molecule has 21 heavy (non-hydrogen) atoms. The zero-order chi connectivity index (χ0) is 15.0. The minimum absolute atomic E-state index is 0.0283. The van der Waals surface area contributed by atoms with Gasteiger partial charge in [0.25, 0.3) is 5.91 Å². The normalized spacial score (nSPS) is 24.6. The first-order chi connectivity index (χ1) is 10.1.